The summed E-state index contributed by atoms with van der Waals surface area (Å²) >= 11 is 0. The van der Waals surface area contributed by atoms with Crippen LogP contribution in [0.2, 0.25) is 0 Å². The molecule has 0 N–H and O–H groups in total. The Hall–Kier alpha value is -1.29. The summed E-state index contributed by atoms with van der Waals surface area (Å²) in [6.07, 6.45) is 3.20. The smallest absolute Gasteiger partial charge is 0.252 e. The Morgan fingerprint density at radius 3 is 2.94 bits per heavy atom. The summed E-state index contributed by atoms with van der Waals surface area (Å²) in [5.41, 5.74) is 0. The first-order chi connectivity index (χ1) is 8.66. The standard InChI is InChI=1S/C14H21NO3/c1-11(2)9-15(10-12-5-3-7-17-12)14(16)13-6-4-8-18-13/h3,5,7,11,13H,4,6,8-10H2,1-2H3/t13-/m1/s1. The lowest BCUT2D eigenvalue weighted by Gasteiger charge is -2.26. The number of furan rings is 1. The number of ether oxygens (including phenoxy) is 1. The van der Waals surface area contributed by atoms with Crippen molar-refractivity contribution >= 4 is 5.91 Å². The van der Waals surface area contributed by atoms with Crippen molar-refractivity contribution in [3.63, 3.8) is 0 Å². The molecule has 1 amide bonds. The Labute approximate surface area is 108 Å². The van der Waals surface area contributed by atoms with Gasteiger partial charge in [0.05, 0.1) is 12.8 Å². The Morgan fingerprint density at radius 1 is 1.56 bits per heavy atom. The van der Waals surface area contributed by atoms with Crippen LogP contribution in [0.1, 0.15) is 32.4 Å². The summed E-state index contributed by atoms with van der Waals surface area (Å²) in [5.74, 6) is 1.35. The molecule has 0 aliphatic carbocycles. The highest BCUT2D eigenvalue weighted by molar-refractivity contribution is 5.81. The summed E-state index contributed by atoms with van der Waals surface area (Å²) in [5, 5.41) is 0. The molecule has 1 aliphatic heterocycles. The molecule has 1 fully saturated rings. The summed E-state index contributed by atoms with van der Waals surface area (Å²) in [7, 11) is 0. The van der Waals surface area contributed by atoms with Gasteiger partial charge in [0.25, 0.3) is 5.91 Å². The van der Waals surface area contributed by atoms with Crippen LogP contribution in [0.4, 0.5) is 0 Å². The Kier molecular flexibility index (Phi) is 4.42. The van der Waals surface area contributed by atoms with Crippen LogP contribution >= 0.6 is 0 Å². The molecule has 1 aromatic rings. The molecule has 4 nitrogen and oxygen atoms in total. The largest absolute Gasteiger partial charge is 0.467 e. The van der Waals surface area contributed by atoms with E-state index in [1.807, 2.05) is 17.0 Å². The van der Waals surface area contributed by atoms with Gasteiger partial charge in [0.2, 0.25) is 0 Å². The molecule has 2 rings (SSSR count). The van der Waals surface area contributed by atoms with E-state index in [-0.39, 0.29) is 12.0 Å². The Balaban J connectivity index is 2.01. The average molecular weight is 251 g/mol. The van der Waals surface area contributed by atoms with E-state index < -0.39 is 0 Å². The SMILES string of the molecule is CC(C)CN(Cc1ccco1)C(=O)[C@H]1CCCO1. The molecule has 18 heavy (non-hydrogen) atoms. The Bertz CT molecular complexity index is 366. The lowest BCUT2D eigenvalue weighted by Crippen LogP contribution is -2.40. The zero-order valence-electron chi connectivity index (χ0n) is 11.1. The topological polar surface area (TPSA) is 42.7 Å². The van der Waals surface area contributed by atoms with E-state index >= 15 is 0 Å². The van der Waals surface area contributed by atoms with Gasteiger partial charge in [-0.25, -0.2) is 0 Å². The molecule has 1 aliphatic rings. The van der Waals surface area contributed by atoms with Crippen LogP contribution in [-0.4, -0.2) is 30.1 Å². The first kappa shape index (κ1) is 13.1. The maximum Gasteiger partial charge on any atom is 0.252 e. The third-order valence-electron chi connectivity index (χ3n) is 3.03. The van der Waals surface area contributed by atoms with E-state index in [2.05, 4.69) is 13.8 Å². The molecule has 0 radical (unpaired) electrons. The molecule has 4 heteroatoms. The fraction of sp³-hybridized carbons (Fsp3) is 0.643. The zero-order chi connectivity index (χ0) is 13.0. The van der Waals surface area contributed by atoms with E-state index in [0.29, 0.717) is 19.1 Å². The fourth-order valence-electron chi connectivity index (χ4n) is 2.24. The predicted molar refractivity (Wildman–Crippen MR) is 67.9 cm³/mol. The van der Waals surface area contributed by atoms with Gasteiger partial charge in [-0.1, -0.05) is 13.8 Å². The zero-order valence-corrected chi connectivity index (χ0v) is 11.1. The fourth-order valence-corrected chi connectivity index (χ4v) is 2.24. The van der Waals surface area contributed by atoms with Crippen molar-refractivity contribution in [2.24, 2.45) is 5.92 Å². The molecule has 0 bridgehead atoms. The maximum absolute atomic E-state index is 12.4. The molecule has 2 heterocycles. The van der Waals surface area contributed by atoms with Crippen molar-refractivity contribution in [3.05, 3.63) is 24.2 Å². The van der Waals surface area contributed by atoms with Gasteiger partial charge in [-0.3, -0.25) is 4.79 Å². The third kappa shape index (κ3) is 3.35. The van der Waals surface area contributed by atoms with Crippen molar-refractivity contribution in [2.75, 3.05) is 13.2 Å². The minimum atomic E-state index is -0.251. The van der Waals surface area contributed by atoms with Gasteiger partial charge in [0, 0.05) is 13.2 Å². The Morgan fingerprint density at radius 2 is 2.39 bits per heavy atom. The molecular formula is C14H21NO3. The highest BCUT2D eigenvalue weighted by Crippen LogP contribution is 2.17. The van der Waals surface area contributed by atoms with Gasteiger partial charge in [0.15, 0.2) is 0 Å². The second kappa shape index (κ2) is 6.05. The van der Waals surface area contributed by atoms with E-state index in [1.165, 1.54) is 0 Å². The van der Waals surface area contributed by atoms with Gasteiger partial charge < -0.3 is 14.1 Å². The highest BCUT2D eigenvalue weighted by Gasteiger charge is 2.28. The van der Waals surface area contributed by atoms with Crippen molar-refractivity contribution in [1.29, 1.82) is 0 Å². The number of carbonyl (C=O) groups excluding carboxylic acids is 1. The summed E-state index contributed by atoms with van der Waals surface area (Å²) < 4.78 is 10.8. The molecule has 1 atom stereocenters. The molecular weight excluding hydrogens is 230 g/mol. The first-order valence-electron chi connectivity index (χ1n) is 6.59. The lowest BCUT2D eigenvalue weighted by atomic mass is 10.1. The van der Waals surface area contributed by atoms with Gasteiger partial charge in [0.1, 0.15) is 11.9 Å². The number of amides is 1. The van der Waals surface area contributed by atoms with Crippen molar-refractivity contribution in [2.45, 2.75) is 39.3 Å². The molecule has 0 spiro atoms. The number of hydrogen-bond donors (Lipinski definition) is 0. The second-order valence-corrected chi connectivity index (χ2v) is 5.19. The van der Waals surface area contributed by atoms with Gasteiger partial charge in [-0.15, -0.1) is 0 Å². The van der Waals surface area contributed by atoms with Gasteiger partial charge in [-0.2, -0.15) is 0 Å². The molecule has 0 aromatic carbocycles. The van der Waals surface area contributed by atoms with E-state index in [4.69, 9.17) is 9.15 Å². The number of hydrogen-bond acceptors (Lipinski definition) is 3. The van der Waals surface area contributed by atoms with E-state index in [0.717, 1.165) is 25.1 Å². The van der Waals surface area contributed by atoms with Crippen LogP contribution in [0, 0.1) is 5.92 Å². The van der Waals surface area contributed by atoms with Crippen molar-refractivity contribution in [1.82, 2.24) is 4.90 Å². The second-order valence-electron chi connectivity index (χ2n) is 5.19. The molecule has 1 aromatic heterocycles. The van der Waals surface area contributed by atoms with Crippen molar-refractivity contribution in [3.8, 4) is 0 Å². The first-order valence-corrected chi connectivity index (χ1v) is 6.59. The maximum atomic E-state index is 12.4. The molecule has 0 unspecified atom stereocenters. The van der Waals surface area contributed by atoms with Crippen molar-refractivity contribution < 1.29 is 13.9 Å². The van der Waals surface area contributed by atoms with E-state index in [9.17, 15) is 4.79 Å². The number of nitrogens with zero attached hydrogens (tertiary/aromatic N) is 1. The van der Waals surface area contributed by atoms with Crippen LogP contribution in [0.15, 0.2) is 22.8 Å². The minimum Gasteiger partial charge on any atom is -0.467 e. The monoisotopic (exact) mass is 251 g/mol. The normalized spacial score (nSPS) is 19.4. The van der Waals surface area contributed by atoms with Crippen LogP contribution in [-0.2, 0) is 16.1 Å². The quantitative estimate of drug-likeness (QED) is 0.807. The average Bonchev–Trinajstić information content (AvgIpc) is 2.99. The van der Waals surface area contributed by atoms with Crippen LogP contribution in [0.5, 0.6) is 0 Å². The van der Waals surface area contributed by atoms with Gasteiger partial charge in [-0.05, 0) is 30.9 Å². The molecule has 0 saturated carbocycles. The number of rotatable bonds is 5. The molecule has 100 valence electrons. The van der Waals surface area contributed by atoms with Crippen LogP contribution < -0.4 is 0 Å². The van der Waals surface area contributed by atoms with Crippen LogP contribution in [0.25, 0.3) is 0 Å². The van der Waals surface area contributed by atoms with Gasteiger partial charge >= 0.3 is 0 Å². The molecule has 1 saturated heterocycles. The number of carbonyl (C=O) groups is 1. The summed E-state index contributed by atoms with van der Waals surface area (Å²) in [6.45, 7) is 6.19. The van der Waals surface area contributed by atoms with E-state index in [1.54, 1.807) is 6.26 Å². The predicted octanol–water partition coefficient (Wildman–Crippen LogP) is 2.44. The lowest BCUT2D eigenvalue weighted by molar-refractivity contribution is -0.142. The minimum absolute atomic E-state index is 0.0950. The summed E-state index contributed by atoms with van der Waals surface area (Å²) in [6, 6.07) is 3.75. The van der Waals surface area contributed by atoms with Crippen LogP contribution in [0.3, 0.4) is 0 Å². The highest BCUT2D eigenvalue weighted by atomic mass is 16.5. The third-order valence-corrected chi connectivity index (χ3v) is 3.03. The summed E-state index contributed by atoms with van der Waals surface area (Å²) in [4.78, 5) is 14.2.